The molecule has 0 bridgehead atoms. The first-order chi connectivity index (χ1) is 7.99. The molecule has 0 unspecified atom stereocenters. The van der Waals surface area contributed by atoms with Gasteiger partial charge in [-0.05, 0) is 42.8 Å². The standard InChI is InChI=1S/C12H15BrN2S2/c1-8-10(13)6-9(17-8)7-15-12(2,3)11-14-4-5-16-11/h4-6,15H,7H2,1-3H3. The predicted octanol–water partition coefficient (Wildman–Crippen LogP) is 4.30. The fourth-order valence-corrected chi connectivity index (χ4v) is 3.80. The molecule has 0 saturated carbocycles. The molecule has 0 aliphatic heterocycles. The van der Waals surface area contributed by atoms with Gasteiger partial charge in [0, 0.05) is 32.3 Å². The molecule has 1 N–H and O–H groups in total. The predicted molar refractivity (Wildman–Crippen MR) is 78.7 cm³/mol. The van der Waals surface area contributed by atoms with Crippen LogP contribution in [0.25, 0.3) is 0 Å². The van der Waals surface area contributed by atoms with Crippen LogP contribution >= 0.6 is 38.6 Å². The van der Waals surface area contributed by atoms with Crippen molar-refractivity contribution < 1.29 is 0 Å². The Hall–Kier alpha value is -0.230. The van der Waals surface area contributed by atoms with Crippen molar-refractivity contribution in [3.8, 4) is 0 Å². The fourth-order valence-electron chi connectivity index (χ4n) is 1.52. The van der Waals surface area contributed by atoms with E-state index in [2.05, 4.69) is 53.1 Å². The highest BCUT2D eigenvalue weighted by Gasteiger charge is 2.22. The Morgan fingerprint density at radius 2 is 2.24 bits per heavy atom. The van der Waals surface area contributed by atoms with Crippen molar-refractivity contribution in [3.05, 3.63) is 36.9 Å². The molecule has 0 fully saturated rings. The first kappa shape index (κ1) is 13.2. The third kappa shape index (κ3) is 3.16. The highest BCUT2D eigenvalue weighted by Crippen LogP contribution is 2.28. The molecule has 0 aliphatic rings. The molecule has 0 aliphatic carbocycles. The number of hydrogen-bond donors (Lipinski definition) is 1. The van der Waals surface area contributed by atoms with Gasteiger partial charge < -0.3 is 5.32 Å². The van der Waals surface area contributed by atoms with Crippen LogP contribution in [0.3, 0.4) is 0 Å². The van der Waals surface area contributed by atoms with Gasteiger partial charge in [-0.25, -0.2) is 4.98 Å². The normalized spacial score (nSPS) is 12.0. The maximum absolute atomic E-state index is 4.37. The summed E-state index contributed by atoms with van der Waals surface area (Å²) in [5.74, 6) is 0. The molecule has 0 radical (unpaired) electrons. The van der Waals surface area contributed by atoms with E-state index in [1.54, 1.807) is 11.3 Å². The van der Waals surface area contributed by atoms with Gasteiger partial charge in [0.05, 0.1) is 5.54 Å². The highest BCUT2D eigenvalue weighted by molar-refractivity contribution is 9.10. The third-order valence-corrected chi connectivity index (χ3v) is 5.81. The van der Waals surface area contributed by atoms with Gasteiger partial charge in [-0.3, -0.25) is 0 Å². The maximum atomic E-state index is 4.37. The van der Waals surface area contributed by atoms with Crippen molar-refractivity contribution in [2.24, 2.45) is 0 Å². The third-order valence-electron chi connectivity index (χ3n) is 2.58. The molecule has 0 amide bonds. The average Bonchev–Trinajstić information content (AvgIpc) is 2.87. The quantitative estimate of drug-likeness (QED) is 0.903. The van der Waals surface area contributed by atoms with Crippen LogP contribution in [0.5, 0.6) is 0 Å². The number of halogens is 1. The largest absolute Gasteiger partial charge is 0.301 e. The summed E-state index contributed by atoms with van der Waals surface area (Å²) in [6, 6.07) is 2.19. The van der Waals surface area contributed by atoms with Gasteiger partial charge in [-0.15, -0.1) is 22.7 Å². The first-order valence-corrected chi connectivity index (χ1v) is 7.88. The van der Waals surface area contributed by atoms with E-state index in [0.717, 1.165) is 11.6 Å². The molecule has 2 heterocycles. The maximum Gasteiger partial charge on any atom is 0.112 e. The van der Waals surface area contributed by atoms with E-state index in [-0.39, 0.29) is 5.54 Å². The van der Waals surface area contributed by atoms with E-state index >= 15 is 0 Å². The Bertz CT molecular complexity index is 469. The molecule has 2 aromatic rings. The summed E-state index contributed by atoms with van der Waals surface area (Å²) >= 11 is 7.07. The van der Waals surface area contributed by atoms with Crippen molar-refractivity contribution in [1.29, 1.82) is 0 Å². The molecule has 92 valence electrons. The highest BCUT2D eigenvalue weighted by atomic mass is 79.9. The molecule has 2 rings (SSSR count). The minimum absolute atomic E-state index is 0.0709. The van der Waals surface area contributed by atoms with Crippen LogP contribution in [-0.2, 0) is 12.1 Å². The summed E-state index contributed by atoms with van der Waals surface area (Å²) < 4.78 is 1.20. The summed E-state index contributed by atoms with van der Waals surface area (Å²) in [5, 5.41) is 6.70. The number of nitrogens with one attached hydrogen (secondary N) is 1. The van der Waals surface area contributed by atoms with Crippen molar-refractivity contribution in [1.82, 2.24) is 10.3 Å². The molecular formula is C12H15BrN2S2. The summed E-state index contributed by atoms with van der Waals surface area (Å²) in [6.07, 6.45) is 1.86. The summed E-state index contributed by atoms with van der Waals surface area (Å²) in [5.41, 5.74) is -0.0709. The molecule has 0 aromatic carbocycles. The van der Waals surface area contributed by atoms with E-state index in [0.29, 0.717) is 0 Å². The molecular weight excluding hydrogens is 316 g/mol. The number of hydrogen-bond acceptors (Lipinski definition) is 4. The lowest BCUT2D eigenvalue weighted by atomic mass is 10.1. The van der Waals surface area contributed by atoms with Crippen LogP contribution in [0.15, 0.2) is 22.1 Å². The molecule has 5 heteroatoms. The van der Waals surface area contributed by atoms with Crippen molar-refractivity contribution >= 4 is 38.6 Å². The Morgan fingerprint density at radius 1 is 1.47 bits per heavy atom. The zero-order chi connectivity index (χ0) is 12.5. The molecule has 17 heavy (non-hydrogen) atoms. The number of thiazole rings is 1. The van der Waals surface area contributed by atoms with Crippen LogP contribution in [0.1, 0.15) is 28.6 Å². The average molecular weight is 331 g/mol. The van der Waals surface area contributed by atoms with Gasteiger partial charge in [-0.1, -0.05) is 0 Å². The fraction of sp³-hybridized carbons (Fsp3) is 0.417. The van der Waals surface area contributed by atoms with Crippen LogP contribution < -0.4 is 5.32 Å². The Morgan fingerprint density at radius 3 is 2.76 bits per heavy atom. The molecule has 0 spiro atoms. The summed E-state index contributed by atoms with van der Waals surface area (Å²) in [4.78, 5) is 7.05. The number of aryl methyl sites for hydroxylation is 1. The molecule has 2 nitrogen and oxygen atoms in total. The SMILES string of the molecule is Cc1sc(CNC(C)(C)c2nccs2)cc1Br. The van der Waals surface area contributed by atoms with Crippen LogP contribution in [-0.4, -0.2) is 4.98 Å². The minimum atomic E-state index is -0.0709. The van der Waals surface area contributed by atoms with Gasteiger partial charge in [-0.2, -0.15) is 0 Å². The van der Waals surface area contributed by atoms with Crippen molar-refractivity contribution in [3.63, 3.8) is 0 Å². The van der Waals surface area contributed by atoms with E-state index in [9.17, 15) is 0 Å². The zero-order valence-electron chi connectivity index (χ0n) is 10.1. The lowest BCUT2D eigenvalue weighted by molar-refractivity contribution is 0.401. The minimum Gasteiger partial charge on any atom is -0.301 e. The van der Waals surface area contributed by atoms with Crippen LogP contribution in [0.2, 0.25) is 0 Å². The van der Waals surface area contributed by atoms with Gasteiger partial charge in [0.25, 0.3) is 0 Å². The Balaban J connectivity index is 2.02. The van der Waals surface area contributed by atoms with Crippen LogP contribution in [0, 0.1) is 6.92 Å². The van der Waals surface area contributed by atoms with E-state index < -0.39 is 0 Å². The Labute approximate surface area is 118 Å². The lowest BCUT2D eigenvalue weighted by Gasteiger charge is -2.23. The topological polar surface area (TPSA) is 24.9 Å². The number of aromatic nitrogens is 1. The van der Waals surface area contributed by atoms with E-state index in [4.69, 9.17) is 0 Å². The van der Waals surface area contributed by atoms with Crippen molar-refractivity contribution in [2.75, 3.05) is 0 Å². The van der Waals surface area contributed by atoms with Gasteiger partial charge >= 0.3 is 0 Å². The second-order valence-corrected chi connectivity index (χ2v) is 7.52. The first-order valence-electron chi connectivity index (χ1n) is 5.39. The van der Waals surface area contributed by atoms with E-state index in [1.165, 1.54) is 14.2 Å². The van der Waals surface area contributed by atoms with Crippen LogP contribution in [0.4, 0.5) is 0 Å². The summed E-state index contributed by atoms with van der Waals surface area (Å²) in [7, 11) is 0. The van der Waals surface area contributed by atoms with Crippen molar-refractivity contribution in [2.45, 2.75) is 32.9 Å². The van der Waals surface area contributed by atoms with Gasteiger partial charge in [0.15, 0.2) is 0 Å². The molecule has 2 aromatic heterocycles. The van der Waals surface area contributed by atoms with Gasteiger partial charge in [0.2, 0.25) is 0 Å². The lowest BCUT2D eigenvalue weighted by Crippen LogP contribution is -2.35. The van der Waals surface area contributed by atoms with E-state index in [1.807, 2.05) is 22.9 Å². The second kappa shape index (κ2) is 5.18. The number of thiophene rings is 1. The number of nitrogens with zero attached hydrogens (tertiary/aromatic N) is 1. The van der Waals surface area contributed by atoms with Gasteiger partial charge in [0.1, 0.15) is 5.01 Å². The summed E-state index contributed by atoms with van der Waals surface area (Å²) in [6.45, 7) is 7.34. The monoisotopic (exact) mass is 330 g/mol. The number of rotatable bonds is 4. The smallest absolute Gasteiger partial charge is 0.112 e. The molecule has 0 saturated heterocycles. The molecule has 0 atom stereocenters. The Kier molecular flexibility index (Phi) is 4.02. The second-order valence-electron chi connectivity index (χ2n) is 4.43. The zero-order valence-corrected chi connectivity index (χ0v) is 13.3.